The van der Waals surface area contributed by atoms with Gasteiger partial charge < -0.3 is 9.80 Å². The molecule has 0 aliphatic heterocycles. The molecule has 0 saturated carbocycles. The smallest absolute Gasteiger partial charge is 0.272 e. The third-order valence-corrected chi connectivity index (χ3v) is 4.01. The number of nitro benzene ring substituents is 1. The van der Waals surface area contributed by atoms with Gasteiger partial charge in [-0.05, 0) is 50.8 Å². The van der Waals surface area contributed by atoms with Crippen LogP contribution in [0.25, 0.3) is 0 Å². The van der Waals surface area contributed by atoms with Crippen molar-refractivity contribution in [1.82, 2.24) is 9.80 Å². The first-order chi connectivity index (χ1) is 12.3. The molecule has 0 aromatic heterocycles. The average molecular weight is 359 g/mol. The monoisotopic (exact) mass is 359 g/mol. The second-order valence-corrected chi connectivity index (χ2v) is 6.42. The maximum atomic E-state index is 13.5. The molecule has 7 heteroatoms. The number of amides is 1. The van der Waals surface area contributed by atoms with E-state index in [1.165, 1.54) is 30.3 Å². The average Bonchev–Trinajstić information content (AvgIpc) is 2.57. The zero-order valence-corrected chi connectivity index (χ0v) is 15.1. The van der Waals surface area contributed by atoms with Gasteiger partial charge >= 0.3 is 0 Å². The predicted octanol–water partition coefficient (Wildman–Crippen LogP) is 3.25. The van der Waals surface area contributed by atoms with Gasteiger partial charge in [-0.1, -0.05) is 12.1 Å². The molecule has 0 aliphatic carbocycles. The molecule has 0 N–H and O–H groups in total. The molecule has 0 atom stereocenters. The van der Waals surface area contributed by atoms with Gasteiger partial charge in [0.1, 0.15) is 5.82 Å². The number of aryl methyl sites for hydroxylation is 1. The topological polar surface area (TPSA) is 66.7 Å². The number of carbonyl (C=O) groups is 1. The standard InChI is InChI=1S/C19H22FN3O3/c1-14-11-16(7-8-18(14)23(25)26)19(24)22(10-9-21(2)3)13-15-5-4-6-17(20)12-15/h4-8,11-12H,9-10,13H2,1-3H3. The van der Waals surface area contributed by atoms with Crippen LogP contribution in [0.2, 0.25) is 0 Å². The normalized spacial score (nSPS) is 10.8. The lowest BCUT2D eigenvalue weighted by Gasteiger charge is -2.25. The molecule has 0 aliphatic rings. The van der Waals surface area contributed by atoms with Gasteiger partial charge in [0.25, 0.3) is 11.6 Å². The summed E-state index contributed by atoms with van der Waals surface area (Å²) in [5.74, 6) is -0.595. The lowest BCUT2D eigenvalue weighted by molar-refractivity contribution is -0.385. The van der Waals surface area contributed by atoms with Crippen molar-refractivity contribution in [3.8, 4) is 0 Å². The summed E-state index contributed by atoms with van der Waals surface area (Å²) in [6.07, 6.45) is 0. The Balaban J connectivity index is 2.27. The van der Waals surface area contributed by atoms with Crippen LogP contribution in [0, 0.1) is 22.9 Å². The molecule has 6 nitrogen and oxygen atoms in total. The third kappa shape index (κ3) is 5.10. The Bertz CT molecular complexity index is 808. The highest BCUT2D eigenvalue weighted by Crippen LogP contribution is 2.20. The van der Waals surface area contributed by atoms with E-state index in [0.717, 1.165) is 0 Å². The van der Waals surface area contributed by atoms with Crippen LogP contribution in [0.4, 0.5) is 10.1 Å². The fraction of sp³-hybridized carbons (Fsp3) is 0.316. The minimum Gasteiger partial charge on any atom is -0.333 e. The highest BCUT2D eigenvalue weighted by Gasteiger charge is 2.19. The Morgan fingerprint density at radius 1 is 1.15 bits per heavy atom. The summed E-state index contributed by atoms with van der Waals surface area (Å²) in [6.45, 7) is 2.97. The summed E-state index contributed by atoms with van der Waals surface area (Å²) in [6, 6.07) is 10.5. The van der Waals surface area contributed by atoms with Crippen molar-refractivity contribution in [2.45, 2.75) is 13.5 Å². The molecule has 0 spiro atoms. The van der Waals surface area contributed by atoms with Crippen LogP contribution in [-0.4, -0.2) is 47.8 Å². The fourth-order valence-corrected chi connectivity index (χ4v) is 2.60. The summed E-state index contributed by atoms with van der Waals surface area (Å²) in [4.78, 5) is 27.0. The maximum Gasteiger partial charge on any atom is 0.272 e. The molecule has 0 unspecified atom stereocenters. The first-order valence-electron chi connectivity index (χ1n) is 8.21. The van der Waals surface area contributed by atoms with Crippen molar-refractivity contribution >= 4 is 11.6 Å². The van der Waals surface area contributed by atoms with Gasteiger partial charge in [-0.2, -0.15) is 0 Å². The zero-order chi connectivity index (χ0) is 19.3. The number of nitrogens with zero attached hydrogens (tertiary/aromatic N) is 3. The fourth-order valence-electron chi connectivity index (χ4n) is 2.60. The molecular formula is C19H22FN3O3. The van der Waals surface area contributed by atoms with Gasteiger partial charge in [0, 0.05) is 36.8 Å². The van der Waals surface area contributed by atoms with Crippen molar-refractivity contribution in [3.05, 3.63) is 75.1 Å². The van der Waals surface area contributed by atoms with Gasteiger partial charge in [-0.3, -0.25) is 14.9 Å². The van der Waals surface area contributed by atoms with Gasteiger partial charge in [-0.25, -0.2) is 4.39 Å². The van der Waals surface area contributed by atoms with Crippen LogP contribution in [0.5, 0.6) is 0 Å². The van der Waals surface area contributed by atoms with Crippen LogP contribution in [-0.2, 0) is 6.54 Å². The van der Waals surface area contributed by atoms with Crippen LogP contribution in [0.15, 0.2) is 42.5 Å². The van der Waals surface area contributed by atoms with Crippen LogP contribution < -0.4 is 0 Å². The number of likely N-dealkylation sites (N-methyl/N-ethyl adjacent to an activating group) is 1. The van der Waals surface area contributed by atoms with Crippen LogP contribution in [0.1, 0.15) is 21.5 Å². The van der Waals surface area contributed by atoms with E-state index in [4.69, 9.17) is 0 Å². The SMILES string of the molecule is Cc1cc(C(=O)N(CCN(C)C)Cc2cccc(F)c2)ccc1[N+](=O)[O-]. The van der Waals surface area contributed by atoms with Crippen molar-refractivity contribution in [2.75, 3.05) is 27.2 Å². The zero-order valence-electron chi connectivity index (χ0n) is 15.1. The second-order valence-electron chi connectivity index (χ2n) is 6.42. The van der Waals surface area contributed by atoms with E-state index in [9.17, 15) is 19.3 Å². The molecule has 0 heterocycles. The van der Waals surface area contributed by atoms with Crippen molar-refractivity contribution < 1.29 is 14.1 Å². The first kappa shape index (κ1) is 19.5. The molecule has 0 saturated heterocycles. The lowest BCUT2D eigenvalue weighted by Crippen LogP contribution is -2.36. The Morgan fingerprint density at radius 3 is 2.46 bits per heavy atom. The molecule has 2 aromatic rings. The van der Waals surface area contributed by atoms with Crippen molar-refractivity contribution in [2.24, 2.45) is 0 Å². The minimum atomic E-state index is -0.472. The molecule has 0 fully saturated rings. The number of hydrogen-bond acceptors (Lipinski definition) is 4. The quantitative estimate of drug-likeness (QED) is 0.562. The van der Waals surface area contributed by atoms with E-state index in [0.29, 0.717) is 29.8 Å². The minimum absolute atomic E-state index is 0.0217. The highest BCUT2D eigenvalue weighted by molar-refractivity contribution is 5.94. The lowest BCUT2D eigenvalue weighted by atomic mass is 10.1. The number of benzene rings is 2. The van der Waals surface area contributed by atoms with Gasteiger partial charge in [0.2, 0.25) is 0 Å². The van der Waals surface area contributed by atoms with Gasteiger partial charge in [0.05, 0.1) is 4.92 Å². The van der Waals surface area contributed by atoms with Crippen LogP contribution >= 0.6 is 0 Å². The van der Waals surface area contributed by atoms with Crippen molar-refractivity contribution in [1.29, 1.82) is 0 Å². The van der Waals surface area contributed by atoms with E-state index in [1.807, 2.05) is 19.0 Å². The summed E-state index contributed by atoms with van der Waals surface area (Å²) < 4.78 is 13.5. The number of rotatable bonds is 7. The number of hydrogen-bond donors (Lipinski definition) is 0. The number of nitro groups is 1. The molecular weight excluding hydrogens is 337 g/mol. The highest BCUT2D eigenvalue weighted by atomic mass is 19.1. The Kier molecular flexibility index (Phi) is 6.41. The molecule has 0 bridgehead atoms. The molecule has 1 amide bonds. The van der Waals surface area contributed by atoms with E-state index in [2.05, 4.69) is 0 Å². The van der Waals surface area contributed by atoms with E-state index in [-0.39, 0.29) is 24.0 Å². The van der Waals surface area contributed by atoms with E-state index < -0.39 is 4.92 Å². The maximum absolute atomic E-state index is 13.5. The molecule has 2 aromatic carbocycles. The van der Waals surface area contributed by atoms with Gasteiger partial charge in [-0.15, -0.1) is 0 Å². The van der Waals surface area contributed by atoms with Crippen LogP contribution in [0.3, 0.4) is 0 Å². The first-order valence-corrected chi connectivity index (χ1v) is 8.21. The summed E-state index contributed by atoms with van der Waals surface area (Å²) in [5.41, 5.74) is 1.48. The number of carbonyl (C=O) groups excluding carboxylic acids is 1. The molecule has 26 heavy (non-hydrogen) atoms. The summed E-state index contributed by atoms with van der Waals surface area (Å²) in [7, 11) is 3.81. The Labute approximate surface area is 152 Å². The van der Waals surface area contributed by atoms with E-state index >= 15 is 0 Å². The summed E-state index contributed by atoms with van der Waals surface area (Å²) >= 11 is 0. The molecule has 0 radical (unpaired) electrons. The molecule has 138 valence electrons. The van der Waals surface area contributed by atoms with Crippen molar-refractivity contribution in [3.63, 3.8) is 0 Å². The number of halogens is 1. The third-order valence-electron chi connectivity index (χ3n) is 4.01. The molecule has 2 rings (SSSR count). The Hall–Kier alpha value is -2.80. The largest absolute Gasteiger partial charge is 0.333 e. The second kappa shape index (κ2) is 8.53. The van der Waals surface area contributed by atoms with Gasteiger partial charge in [0.15, 0.2) is 0 Å². The summed E-state index contributed by atoms with van der Waals surface area (Å²) in [5, 5.41) is 11.0. The predicted molar refractivity (Wildman–Crippen MR) is 97.5 cm³/mol. The Morgan fingerprint density at radius 2 is 1.88 bits per heavy atom. The van der Waals surface area contributed by atoms with E-state index in [1.54, 1.807) is 24.0 Å².